The van der Waals surface area contributed by atoms with Gasteiger partial charge in [-0.3, -0.25) is 9.59 Å². The Hall–Kier alpha value is -2.81. The van der Waals surface area contributed by atoms with Gasteiger partial charge in [0.2, 0.25) is 10.0 Å². The van der Waals surface area contributed by atoms with E-state index in [2.05, 4.69) is 20.7 Å². The Morgan fingerprint density at radius 2 is 1.47 bits per heavy atom. The van der Waals surface area contributed by atoms with E-state index in [9.17, 15) is 18.0 Å². The van der Waals surface area contributed by atoms with Crippen molar-refractivity contribution in [1.82, 2.24) is 4.72 Å². The molecule has 166 valence electrons. The summed E-state index contributed by atoms with van der Waals surface area (Å²) in [4.78, 5) is 24.8. The van der Waals surface area contributed by atoms with Gasteiger partial charge in [-0.1, -0.05) is 76.6 Å². The van der Waals surface area contributed by atoms with Gasteiger partial charge in [0.05, 0.1) is 11.3 Å². The molecule has 1 N–H and O–H groups in total. The van der Waals surface area contributed by atoms with Crippen molar-refractivity contribution in [3.8, 4) is 0 Å². The zero-order chi connectivity index (χ0) is 23.0. The first-order valence-corrected chi connectivity index (χ1v) is 12.2. The molecule has 0 aliphatic heterocycles. The maximum Gasteiger partial charge on any atom is 0.306 e. The highest BCUT2D eigenvalue weighted by Crippen LogP contribution is 2.21. The summed E-state index contributed by atoms with van der Waals surface area (Å²) in [6.45, 7) is -0.366. The van der Waals surface area contributed by atoms with Gasteiger partial charge >= 0.3 is 5.97 Å². The molecule has 3 aromatic rings. The fourth-order valence-electron chi connectivity index (χ4n) is 3.05. The summed E-state index contributed by atoms with van der Waals surface area (Å²) in [5.74, 6) is -1.35. The van der Waals surface area contributed by atoms with E-state index >= 15 is 0 Å². The summed E-state index contributed by atoms with van der Waals surface area (Å²) in [6, 6.07) is 23.9. The third kappa shape index (κ3) is 6.85. The van der Waals surface area contributed by atoms with Crippen molar-refractivity contribution in [2.75, 3.05) is 13.2 Å². The first-order valence-electron chi connectivity index (χ1n) is 9.89. The van der Waals surface area contributed by atoms with E-state index < -0.39 is 21.9 Å². The molecule has 0 aromatic heterocycles. The molecule has 0 heterocycles. The van der Waals surface area contributed by atoms with Crippen LogP contribution in [-0.4, -0.2) is 33.3 Å². The third-order valence-corrected chi connectivity index (χ3v) is 6.76. The standard InChI is InChI=1S/C24H22BrNO5S/c25-21-13-11-19(12-14-21)23(27)17-31-24(28)15-20(18-7-3-1-4-8-18)16-26-32(29,30)22-9-5-2-6-10-22/h1-14,20,26H,15-17H2/t20-/m0/s1. The van der Waals surface area contributed by atoms with Crippen molar-refractivity contribution in [3.05, 3.63) is 101 Å². The third-order valence-electron chi connectivity index (χ3n) is 4.79. The van der Waals surface area contributed by atoms with Gasteiger partial charge in [-0.15, -0.1) is 0 Å². The van der Waals surface area contributed by atoms with Crippen LogP contribution in [0.3, 0.4) is 0 Å². The van der Waals surface area contributed by atoms with Gasteiger partial charge < -0.3 is 4.74 Å². The number of hydrogen-bond acceptors (Lipinski definition) is 5. The summed E-state index contributed by atoms with van der Waals surface area (Å²) in [5, 5.41) is 0. The lowest BCUT2D eigenvalue weighted by atomic mass is 9.96. The predicted octanol–water partition coefficient (Wildman–Crippen LogP) is 4.33. The number of carbonyl (C=O) groups excluding carboxylic acids is 2. The van der Waals surface area contributed by atoms with Crippen molar-refractivity contribution in [2.45, 2.75) is 17.2 Å². The Balaban J connectivity index is 1.63. The van der Waals surface area contributed by atoms with E-state index in [0.29, 0.717) is 5.56 Å². The molecule has 0 saturated carbocycles. The topological polar surface area (TPSA) is 89.5 Å². The maximum absolute atomic E-state index is 12.6. The second kappa shape index (κ2) is 11.2. The Morgan fingerprint density at radius 1 is 0.875 bits per heavy atom. The summed E-state index contributed by atoms with van der Waals surface area (Å²) < 4.78 is 33.7. The molecule has 6 nitrogen and oxygen atoms in total. The largest absolute Gasteiger partial charge is 0.457 e. The van der Waals surface area contributed by atoms with Crippen molar-refractivity contribution >= 4 is 37.7 Å². The fourth-order valence-corrected chi connectivity index (χ4v) is 4.42. The molecule has 0 amide bonds. The number of Topliss-reactive ketones (excluding diaryl/α,β-unsaturated/α-hetero) is 1. The van der Waals surface area contributed by atoms with Gasteiger partial charge in [0.25, 0.3) is 0 Å². The smallest absolute Gasteiger partial charge is 0.306 e. The van der Waals surface area contributed by atoms with Crippen molar-refractivity contribution in [1.29, 1.82) is 0 Å². The molecule has 0 unspecified atom stereocenters. The van der Waals surface area contributed by atoms with Crippen LogP contribution < -0.4 is 4.72 Å². The van der Waals surface area contributed by atoms with Gasteiger partial charge in [-0.25, -0.2) is 13.1 Å². The number of nitrogens with one attached hydrogen (secondary N) is 1. The number of rotatable bonds is 10. The predicted molar refractivity (Wildman–Crippen MR) is 125 cm³/mol. The van der Waals surface area contributed by atoms with E-state index in [-0.39, 0.29) is 30.3 Å². The monoisotopic (exact) mass is 515 g/mol. The summed E-state index contributed by atoms with van der Waals surface area (Å²) in [6.07, 6.45) is -0.0745. The highest BCUT2D eigenvalue weighted by atomic mass is 79.9. The average molecular weight is 516 g/mol. The Labute approximate surface area is 195 Å². The number of ether oxygens (including phenoxy) is 1. The van der Waals surface area contributed by atoms with E-state index in [1.165, 1.54) is 12.1 Å². The lowest BCUT2D eigenvalue weighted by molar-refractivity contribution is -0.142. The Kier molecular flexibility index (Phi) is 8.33. The molecular formula is C24H22BrNO5S. The number of carbonyl (C=O) groups is 2. The number of halogens is 1. The van der Waals surface area contributed by atoms with Crippen LogP contribution in [-0.2, 0) is 19.6 Å². The van der Waals surface area contributed by atoms with Gasteiger partial charge in [-0.2, -0.15) is 0 Å². The zero-order valence-electron chi connectivity index (χ0n) is 17.1. The van der Waals surface area contributed by atoms with Gasteiger partial charge in [0.15, 0.2) is 12.4 Å². The highest BCUT2D eigenvalue weighted by Gasteiger charge is 2.22. The van der Waals surface area contributed by atoms with Crippen LogP contribution in [0.15, 0.2) is 94.3 Å². The van der Waals surface area contributed by atoms with E-state index in [4.69, 9.17) is 4.74 Å². The van der Waals surface area contributed by atoms with Crippen LogP contribution in [0.25, 0.3) is 0 Å². The van der Waals surface area contributed by atoms with E-state index in [0.717, 1.165) is 10.0 Å². The minimum absolute atomic E-state index is 0.0109. The molecule has 0 bridgehead atoms. The lowest BCUT2D eigenvalue weighted by Gasteiger charge is -2.18. The van der Waals surface area contributed by atoms with Gasteiger partial charge in [0.1, 0.15) is 0 Å². The second-order valence-corrected chi connectivity index (χ2v) is 9.75. The summed E-state index contributed by atoms with van der Waals surface area (Å²) in [5.41, 5.74) is 1.23. The van der Waals surface area contributed by atoms with E-state index in [1.807, 2.05) is 30.3 Å². The van der Waals surface area contributed by atoms with E-state index in [1.54, 1.807) is 42.5 Å². The Bertz CT molecular complexity index is 1150. The van der Waals surface area contributed by atoms with Crippen LogP contribution in [0.2, 0.25) is 0 Å². The molecule has 0 aliphatic rings. The molecule has 32 heavy (non-hydrogen) atoms. The van der Waals surface area contributed by atoms with Crippen LogP contribution in [0.5, 0.6) is 0 Å². The summed E-state index contributed by atoms with van der Waals surface area (Å²) in [7, 11) is -3.72. The van der Waals surface area contributed by atoms with Crippen LogP contribution in [0.4, 0.5) is 0 Å². The molecule has 0 radical (unpaired) electrons. The minimum atomic E-state index is -3.72. The van der Waals surface area contributed by atoms with Crippen molar-refractivity contribution in [2.24, 2.45) is 0 Å². The fraction of sp³-hybridized carbons (Fsp3) is 0.167. The van der Waals surface area contributed by atoms with Crippen LogP contribution in [0.1, 0.15) is 28.3 Å². The van der Waals surface area contributed by atoms with Gasteiger partial charge in [0, 0.05) is 22.5 Å². The molecular weight excluding hydrogens is 494 g/mol. The first kappa shape index (κ1) is 23.8. The average Bonchev–Trinajstić information content (AvgIpc) is 2.82. The molecule has 0 spiro atoms. The number of esters is 1. The zero-order valence-corrected chi connectivity index (χ0v) is 19.5. The Morgan fingerprint density at radius 3 is 2.09 bits per heavy atom. The number of hydrogen-bond donors (Lipinski definition) is 1. The molecule has 1 atom stereocenters. The molecule has 0 saturated heterocycles. The minimum Gasteiger partial charge on any atom is -0.457 e. The van der Waals surface area contributed by atoms with Crippen LogP contribution >= 0.6 is 15.9 Å². The van der Waals surface area contributed by atoms with Crippen molar-refractivity contribution in [3.63, 3.8) is 0 Å². The lowest BCUT2D eigenvalue weighted by Crippen LogP contribution is -2.30. The second-order valence-electron chi connectivity index (χ2n) is 7.07. The number of sulfonamides is 1. The SMILES string of the molecule is O=C(C[C@@H](CNS(=O)(=O)c1ccccc1)c1ccccc1)OCC(=O)c1ccc(Br)cc1. The normalized spacial score (nSPS) is 12.2. The van der Waals surface area contributed by atoms with Crippen molar-refractivity contribution < 1.29 is 22.7 Å². The maximum atomic E-state index is 12.6. The molecule has 8 heteroatoms. The van der Waals surface area contributed by atoms with Gasteiger partial charge in [-0.05, 0) is 29.8 Å². The molecule has 3 aromatic carbocycles. The first-order chi connectivity index (χ1) is 15.3. The molecule has 3 rings (SSSR count). The number of benzene rings is 3. The molecule has 0 aliphatic carbocycles. The summed E-state index contributed by atoms with van der Waals surface area (Å²) >= 11 is 3.30. The molecule has 0 fully saturated rings. The number of ketones is 1. The highest BCUT2D eigenvalue weighted by molar-refractivity contribution is 9.10. The van der Waals surface area contributed by atoms with Crippen LogP contribution in [0, 0.1) is 0 Å². The quantitative estimate of drug-likeness (QED) is 0.320.